The van der Waals surface area contributed by atoms with Crippen LogP contribution in [0.2, 0.25) is 0 Å². The van der Waals surface area contributed by atoms with Crippen molar-refractivity contribution in [2.45, 2.75) is 25.4 Å². The lowest BCUT2D eigenvalue weighted by molar-refractivity contribution is 0.0601. The van der Waals surface area contributed by atoms with Crippen LogP contribution in [-0.2, 0) is 9.47 Å². The topological polar surface area (TPSA) is 59.6 Å². The van der Waals surface area contributed by atoms with Crippen LogP contribution < -0.4 is 10.6 Å². The molecule has 1 aliphatic heterocycles. The number of hydrogen-bond acceptors (Lipinski definition) is 5. The Kier molecular flexibility index (Phi) is 5.38. The third-order valence-electron chi connectivity index (χ3n) is 3.37. The van der Waals surface area contributed by atoms with Crippen LogP contribution in [0.3, 0.4) is 0 Å². The number of esters is 1. The van der Waals surface area contributed by atoms with Gasteiger partial charge in [0.1, 0.15) is 0 Å². The fraction of sp³-hybridized carbons (Fsp3) is 0.533. The third-order valence-corrected chi connectivity index (χ3v) is 3.37. The van der Waals surface area contributed by atoms with Crippen molar-refractivity contribution in [3.63, 3.8) is 0 Å². The summed E-state index contributed by atoms with van der Waals surface area (Å²) >= 11 is 0. The molecule has 1 aliphatic rings. The summed E-state index contributed by atoms with van der Waals surface area (Å²) in [5.74, 6) is -0.320. The monoisotopic (exact) mass is 278 g/mol. The number of carbonyl (C=O) groups excluding carboxylic acids is 1. The van der Waals surface area contributed by atoms with Crippen molar-refractivity contribution in [3.05, 3.63) is 29.8 Å². The highest BCUT2D eigenvalue weighted by Gasteiger charge is 2.18. The first-order chi connectivity index (χ1) is 9.70. The number of ether oxygens (including phenoxy) is 2. The van der Waals surface area contributed by atoms with E-state index in [0.717, 1.165) is 31.9 Å². The molecule has 1 aromatic rings. The fourth-order valence-electron chi connectivity index (χ4n) is 2.42. The van der Waals surface area contributed by atoms with Gasteiger partial charge in [0.2, 0.25) is 0 Å². The summed E-state index contributed by atoms with van der Waals surface area (Å²) in [4.78, 5) is 11.7. The molecule has 110 valence electrons. The molecule has 5 heteroatoms. The summed E-state index contributed by atoms with van der Waals surface area (Å²) in [7, 11) is 1.39. The van der Waals surface area contributed by atoms with Gasteiger partial charge in [-0.1, -0.05) is 12.1 Å². The molecule has 2 atom stereocenters. The van der Waals surface area contributed by atoms with E-state index in [1.165, 1.54) is 7.11 Å². The van der Waals surface area contributed by atoms with Crippen LogP contribution in [0.15, 0.2) is 24.3 Å². The zero-order valence-corrected chi connectivity index (χ0v) is 12.0. The summed E-state index contributed by atoms with van der Waals surface area (Å²) in [6.45, 7) is 4.52. The zero-order valence-electron chi connectivity index (χ0n) is 12.0. The molecule has 1 aromatic carbocycles. The molecule has 0 bridgehead atoms. The SMILES string of the molecule is COC(=O)c1ccccc1NC(C)CC1COCCN1. The van der Waals surface area contributed by atoms with E-state index in [1.807, 2.05) is 18.2 Å². The maximum absolute atomic E-state index is 11.7. The Morgan fingerprint density at radius 2 is 2.35 bits per heavy atom. The van der Waals surface area contributed by atoms with Gasteiger partial charge in [0.25, 0.3) is 0 Å². The largest absolute Gasteiger partial charge is 0.465 e. The first-order valence-corrected chi connectivity index (χ1v) is 6.95. The van der Waals surface area contributed by atoms with Crippen LogP contribution in [0.5, 0.6) is 0 Å². The average molecular weight is 278 g/mol. The highest BCUT2D eigenvalue weighted by Crippen LogP contribution is 2.18. The van der Waals surface area contributed by atoms with Crippen molar-refractivity contribution in [1.29, 1.82) is 0 Å². The van der Waals surface area contributed by atoms with Gasteiger partial charge in [-0.3, -0.25) is 0 Å². The molecule has 0 aromatic heterocycles. The number of nitrogens with one attached hydrogen (secondary N) is 2. The highest BCUT2D eigenvalue weighted by atomic mass is 16.5. The standard InChI is InChI=1S/C15H22N2O3/c1-11(9-12-10-20-8-7-16-12)17-14-6-4-3-5-13(14)15(18)19-2/h3-6,11-12,16-17H,7-10H2,1-2H3. The summed E-state index contributed by atoms with van der Waals surface area (Å²) in [5, 5.41) is 6.80. The van der Waals surface area contributed by atoms with Crippen molar-refractivity contribution >= 4 is 11.7 Å². The van der Waals surface area contributed by atoms with Crippen molar-refractivity contribution in [2.75, 3.05) is 32.2 Å². The second kappa shape index (κ2) is 7.26. The molecule has 0 aliphatic carbocycles. The van der Waals surface area contributed by atoms with Crippen LogP contribution in [0.25, 0.3) is 0 Å². The fourth-order valence-corrected chi connectivity index (χ4v) is 2.42. The van der Waals surface area contributed by atoms with E-state index in [2.05, 4.69) is 17.6 Å². The third kappa shape index (κ3) is 3.95. The quantitative estimate of drug-likeness (QED) is 0.802. The van der Waals surface area contributed by atoms with Crippen LogP contribution in [0.4, 0.5) is 5.69 Å². The van der Waals surface area contributed by atoms with Gasteiger partial charge in [-0.2, -0.15) is 0 Å². The van der Waals surface area contributed by atoms with Crippen molar-refractivity contribution < 1.29 is 14.3 Å². The first kappa shape index (κ1) is 14.8. The normalized spacial score (nSPS) is 20.2. The predicted molar refractivity (Wildman–Crippen MR) is 78.1 cm³/mol. The molecule has 5 nitrogen and oxygen atoms in total. The van der Waals surface area contributed by atoms with Gasteiger partial charge < -0.3 is 20.1 Å². The van der Waals surface area contributed by atoms with Gasteiger partial charge in [0.05, 0.1) is 25.9 Å². The van der Waals surface area contributed by atoms with Crippen LogP contribution in [0, 0.1) is 0 Å². The summed E-state index contributed by atoms with van der Waals surface area (Å²) in [6, 6.07) is 8.00. The molecule has 0 radical (unpaired) electrons. The van der Waals surface area contributed by atoms with Crippen LogP contribution in [0.1, 0.15) is 23.7 Å². The number of anilines is 1. The minimum Gasteiger partial charge on any atom is -0.465 e. The number of hydrogen-bond donors (Lipinski definition) is 2. The molecule has 0 amide bonds. The Morgan fingerprint density at radius 3 is 3.05 bits per heavy atom. The Morgan fingerprint density at radius 1 is 1.55 bits per heavy atom. The van der Waals surface area contributed by atoms with E-state index in [-0.39, 0.29) is 12.0 Å². The Balaban J connectivity index is 1.96. The molecular formula is C15H22N2O3. The summed E-state index contributed by atoms with van der Waals surface area (Å²) in [6.07, 6.45) is 0.940. The smallest absolute Gasteiger partial charge is 0.339 e. The van der Waals surface area contributed by atoms with Gasteiger partial charge in [-0.25, -0.2) is 4.79 Å². The molecule has 1 saturated heterocycles. The van der Waals surface area contributed by atoms with E-state index in [0.29, 0.717) is 11.6 Å². The lowest BCUT2D eigenvalue weighted by Crippen LogP contribution is -2.43. The number of methoxy groups -OCH3 is 1. The lowest BCUT2D eigenvalue weighted by atomic mass is 10.1. The minimum atomic E-state index is -0.320. The highest BCUT2D eigenvalue weighted by molar-refractivity contribution is 5.95. The van der Waals surface area contributed by atoms with E-state index < -0.39 is 0 Å². The second-order valence-corrected chi connectivity index (χ2v) is 5.04. The molecule has 20 heavy (non-hydrogen) atoms. The molecule has 0 spiro atoms. The molecule has 2 unspecified atom stereocenters. The van der Waals surface area contributed by atoms with Crippen LogP contribution >= 0.6 is 0 Å². The molecule has 1 heterocycles. The Labute approximate surface area is 119 Å². The van der Waals surface area contributed by atoms with E-state index >= 15 is 0 Å². The van der Waals surface area contributed by atoms with Crippen molar-refractivity contribution in [1.82, 2.24) is 5.32 Å². The molecule has 2 rings (SSSR count). The summed E-state index contributed by atoms with van der Waals surface area (Å²) < 4.78 is 10.2. The zero-order chi connectivity index (χ0) is 14.4. The second-order valence-electron chi connectivity index (χ2n) is 5.04. The van der Waals surface area contributed by atoms with E-state index in [9.17, 15) is 4.79 Å². The summed E-state index contributed by atoms with van der Waals surface area (Å²) in [5.41, 5.74) is 1.37. The Hall–Kier alpha value is -1.59. The minimum absolute atomic E-state index is 0.236. The van der Waals surface area contributed by atoms with Gasteiger partial charge in [0.15, 0.2) is 0 Å². The Bertz CT molecular complexity index is 444. The van der Waals surface area contributed by atoms with Crippen LogP contribution in [-0.4, -0.2) is 44.9 Å². The number of rotatable bonds is 5. The predicted octanol–water partition coefficient (Wildman–Crippen LogP) is 1.65. The lowest BCUT2D eigenvalue weighted by Gasteiger charge is -2.27. The number of morpholine rings is 1. The molecule has 1 fully saturated rings. The molecular weight excluding hydrogens is 256 g/mol. The van der Waals surface area contributed by atoms with Gasteiger partial charge in [0, 0.05) is 24.3 Å². The molecule has 2 N–H and O–H groups in total. The van der Waals surface area contributed by atoms with Gasteiger partial charge in [-0.05, 0) is 25.5 Å². The van der Waals surface area contributed by atoms with Gasteiger partial charge >= 0.3 is 5.97 Å². The van der Waals surface area contributed by atoms with Crippen molar-refractivity contribution in [3.8, 4) is 0 Å². The average Bonchev–Trinajstić information content (AvgIpc) is 2.48. The number of para-hydroxylation sites is 1. The van der Waals surface area contributed by atoms with Gasteiger partial charge in [-0.15, -0.1) is 0 Å². The van der Waals surface area contributed by atoms with E-state index in [1.54, 1.807) is 6.07 Å². The van der Waals surface area contributed by atoms with E-state index in [4.69, 9.17) is 9.47 Å². The van der Waals surface area contributed by atoms with Crippen molar-refractivity contribution in [2.24, 2.45) is 0 Å². The maximum Gasteiger partial charge on any atom is 0.339 e. The maximum atomic E-state index is 11.7. The molecule has 0 saturated carbocycles. The number of benzene rings is 1. The first-order valence-electron chi connectivity index (χ1n) is 6.95. The number of carbonyl (C=O) groups is 1.